The Labute approximate surface area is 165 Å². The highest BCUT2D eigenvalue weighted by atomic mass is 31.2. The average molecular weight is 409 g/mol. The Bertz CT molecular complexity index is 746. The number of hydrogen-bond donors (Lipinski definition) is 2. The SMILES string of the molecule is O=C(O)COc1ccccc1P(=O)(O)N(C[C@H]1CC=CCC1)C[C@@H]1CCCO1. The molecule has 2 aliphatic rings. The molecule has 1 saturated heterocycles. The lowest BCUT2D eigenvalue weighted by Gasteiger charge is -2.33. The summed E-state index contributed by atoms with van der Waals surface area (Å²) in [5.74, 6) is -0.691. The molecule has 3 atom stereocenters. The molecule has 2 N–H and O–H groups in total. The van der Waals surface area contributed by atoms with Crippen LogP contribution in [0, 0.1) is 5.92 Å². The Morgan fingerprint density at radius 3 is 2.75 bits per heavy atom. The van der Waals surface area contributed by atoms with Crippen LogP contribution in [0.15, 0.2) is 36.4 Å². The molecule has 1 aliphatic carbocycles. The Morgan fingerprint density at radius 1 is 1.25 bits per heavy atom. The quantitative estimate of drug-likeness (QED) is 0.478. The van der Waals surface area contributed by atoms with Crippen LogP contribution in [0.1, 0.15) is 32.1 Å². The number of para-hydroxylation sites is 1. The van der Waals surface area contributed by atoms with E-state index < -0.39 is 20.1 Å². The van der Waals surface area contributed by atoms with Crippen molar-refractivity contribution < 1.29 is 28.8 Å². The predicted molar refractivity (Wildman–Crippen MR) is 106 cm³/mol. The molecule has 28 heavy (non-hydrogen) atoms. The normalized spacial score (nSPS) is 24.2. The first-order chi connectivity index (χ1) is 13.5. The van der Waals surface area contributed by atoms with Crippen molar-refractivity contribution in [2.75, 3.05) is 26.3 Å². The van der Waals surface area contributed by atoms with Crippen molar-refractivity contribution in [3.63, 3.8) is 0 Å². The predicted octanol–water partition coefficient (Wildman–Crippen LogP) is 2.80. The standard InChI is InChI=1S/C20H28NO6P/c22-20(23)15-27-18-10-4-5-11-19(18)28(24,25)21(14-17-9-6-12-26-17)13-16-7-2-1-3-8-16/h1-2,4-5,10-11,16-17H,3,6-9,12-15H2,(H,22,23)(H,24,25)/t16-,17-/m0/s1. The number of carboxylic acids is 1. The second-order valence-electron chi connectivity index (χ2n) is 7.35. The van der Waals surface area contributed by atoms with Crippen LogP contribution in [0.2, 0.25) is 0 Å². The van der Waals surface area contributed by atoms with E-state index in [2.05, 4.69) is 12.2 Å². The molecule has 0 radical (unpaired) electrons. The van der Waals surface area contributed by atoms with Crippen LogP contribution in [-0.2, 0) is 14.1 Å². The summed E-state index contributed by atoms with van der Waals surface area (Å²) in [6.45, 7) is 0.987. The molecule has 1 aromatic rings. The van der Waals surface area contributed by atoms with Crippen molar-refractivity contribution in [1.82, 2.24) is 4.67 Å². The number of allylic oxidation sites excluding steroid dienone is 2. The topological polar surface area (TPSA) is 96.3 Å². The van der Waals surface area contributed by atoms with Gasteiger partial charge in [0.2, 0.25) is 0 Å². The van der Waals surface area contributed by atoms with Crippen LogP contribution in [0.25, 0.3) is 0 Å². The maximum Gasteiger partial charge on any atom is 0.341 e. The summed E-state index contributed by atoms with van der Waals surface area (Å²) >= 11 is 0. The number of nitrogens with zero attached hydrogens (tertiary/aromatic N) is 1. The smallest absolute Gasteiger partial charge is 0.341 e. The molecule has 7 nitrogen and oxygen atoms in total. The highest BCUT2D eigenvalue weighted by Gasteiger charge is 2.37. The van der Waals surface area contributed by atoms with E-state index in [1.165, 1.54) is 6.07 Å². The molecule has 154 valence electrons. The fourth-order valence-electron chi connectivity index (χ4n) is 3.75. The maximum absolute atomic E-state index is 13.6. The highest BCUT2D eigenvalue weighted by molar-refractivity contribution is 7.64. The Hall–Kier alpha value is -1.66. The van der Waals surface area contributed by atoms with Gasteiger partial charge in [-0.1, -0.05) is 24.3 Å². The summed E-state index contributed by atoms with van der Waals surface area (Å²) in [5.41, 5.74) is 0. The van der Waals surface area contributed by atoms with Gasteiger partial charge < -0.3 is 19.5 Å². The molecule has 8 heteroatoms. The molecule has 1 heterocycles. The zero-order valence-corrected chi connectivity index (χ0v) is 16.8. The van der Waals surface area contributed by atoms with Gasteiger partial charge in [-0.05, 0) is 50.2 Å². The third-order valence-electron chi connectivity index (χ3n) is 5.20. The Morgan fingerprint density at radius 2 is 2.07 bits per heavy atom. The van der Waals surface area contributed by atoms with Gasteiger partial charge in [0.05, 0.1) is 11.4 Å². The summed E-state index contributed by atoms with van der Waals surface area (Å²) in [6.07, 6.45) is 8.89. The van der Waals surface area contributed by atoms with Gasteiger partial charge in [-0.25, -0.2) is 9.46 Å². The lowest BCUT2D eigenvalue weighted by molar-refractivity contribution is -0.139. The summed E-state index contributed by atoms with van der Waals surface area (Å²) < 4.78 is 26.3. The van der Waals surface area contributed by atoms with Crippen molar-refractivity contribution in [1.29, 1.82) is 0 Å². The van der Waals surface area contributed by atoms with Gasteiger partial charge >= 0.3 is 13.5 Å². The molecule has 0 aromatic heterocycles. The Kier molecular flexibility index (Phi) is 7.30. The number of ether oxygens (including phenoxy) is 2. The second kappa shape index (κ2) is 9.70. The van der Waals surface area contributed by atoms with Crippen LogP contribution in [0.3, 0.4) is 0 Å². The van der Waals surface area contributed by atoms with E-state index in [4.69, 9.17) is 14.6 Å². The molecule has 0 bridgehead atoms. The van der Waals surface area contributed by atoms with E-state index >= 15 is 0 Å². The number of carboxylic acid groups (broad SMARTS) is 1. The maximum atomic E-state index is 13.6. The van der Waals surface area contributed by atoms with Gasteiger partial charge in [0.15, 0.2) is 6.61 Å². The molecule has 1 fully saturated rings. The number of hydrogen-bond acceptors (Lipinski definition) is 4. The fourth-order valence-corrected chi connectivity index (χ4v) is 5.62. The molecular weight excluding hydrogens is 381 g/mol. The van der Waals surface area contributed by atoms with Gasteiger partial charge in [-0.2, -0.15) is 0 Å². The first-order valence-electron chi connectivity index (χ1n) is 9.76. The number of benzene rings is 1. The second-order valence-corrected chi connectivity index (χ2v) is 9.49. The van der Waals surface area contributed by atoms with Crippen LogP contribution in [-0.4, -0.2) is 53.0 Å². The molecule has 3 rings (SSSR count). The van der Waals surface area contributed by atoms with Gasteiger partial charge in [-0.15, -0.1) is 0 Å². The van der Waals surface area contributed by atoms with Crippen molar-refractivity contribution in [3.05, 3.63) is 36.4 Å². The van der Waals surface area contributed by atoms with Crippen LogP contribution >= 0.6 is 7.52 Å². The monoisotopic (exact) mass is 409 g/mol. The Balaban J connectivity index is 1.84. The third-order valence-corrected chi connectivity index (χ3v) is 7.29. The van der Waals surface area contributed by atoms with Crippen molar-refractivity contribution in [2.24, 2.45) is 5.92 Å². The molecule has 1 unspecified atom stereocenters. The van der Waals surface area contributed by atoms with Crippen LogP contribution in [0.5, 0.6) is 5.75 Å². The van der Waals surface area contributed by atoms with Gasteiger partial charge in [-0.3, -0.25) is 4.57 Å². The minimum atomic E-state index is -3.96. The average Bonchev–Trinajstić information content (AvgIpc) is 3.20. The van der Waals surface area contributed by atoms with Gasteiger partial charge in [0.25, 0.3) is 0 Å². The fraction of sp³-hybridized carbons (Fsp3) is 0.550. The van der Waals surface area contributed by atoms with Gasteiger partial charge in [0, 0.05) is 19.7 Å². The van der Waals surface area contributed by atoms with E-state index in [9.17, 15) is 14.3 Å². The first-order valence-corrected chi connectivity index (χ1v) is 11.4. The molecule has 1 aliphatic heterocycles. The van der Waals surface area contributed by atoms with Crippen LogP contribution in [0.4, 0.5) is 0 Å². The van der Waals surface area contributed by atoms with E-state index in [-0.39, 0.29) is 17.2 Å². The number of rotatable bonds is 9. The first kappa shape index (κ1) is 21.1. The number of carbonyl (C=O) groups is 1. The van der Waals surface area contributed by atoms with Gasteiger partial charge in [0.1, 0.15) is 5.75 Å². The van der Waals surface area contributed by atoms with Crippen LogP contribution < -0.4 is 10.0 Å². The molecule has 1 aromatic carbocycles. The lowest BCUT2D eigenvalue weighted by atomic mass is 9.94. The minimum absolute atomic E-state index is 0.0632. The zero-order chi connectivity index (χ0) is 20.0. The summed E-state index contributed by atoms with van der Waals surface area (Å²) in [7, 11) is -3.96. The van der Waals surface area contributed by atoms with E-state index in [0.717, 1.165) is 32.1 Å². The van der Waals surface area contributed by atoms with Crippen molar-refractivity contribution >= 4 is 18.8 Å². The van der Waals surface area contributed by atoms with E-state index in [0.29, 0.717) is 25.6 Å². The summed E-state index contributed by atoms with van der Waals surface area (Å²) in [5, 5.41) is 9.03. The lowest BCUT2D eigenvalue weighted by Crippen LogP contribution is -2.37. The highest BCUT2D eigenvalue weighted by Crippen LogP contribution is 2.48. The third kappa shape index (κ3) is 5.45. The van der Waals surface area contributed by atoms with E-state index in [1.807, 2.05) is 0 Å². The molecule has 0 spiro atoms. The molecule has 0 amide bonds. The summed E-state index contributed by atoms with van der Waals surface area (Å²) in [6, 6.07) is 6.41. The largest absolute Gasteiger partial charge is 0.481 e. The van der Waals surface area contributed by atoms with Crippen molar-refractivity contribution in [2.45, 2.75) is 38.2 Å². The van der Waals surface area contributed by atoms with Crippen molar-refractivity contribution in [3.8, 4) is 5.75 Å². The minimum Gasteiger partial charge on any atom is -0.481 e. The van der Waals surface area contributed by atoms with E-state index in [1.54, 1.807) is 22.9 Å². The number of aliphatic carboxylic acids is 1. The summed E-state index contributed by atoms with van der Waals surface area (Å²) in [4.78, 5) is 22.0. The zero-order valence-electron chi connectivity index (χ0n) is 15.9. The molecular formula is C20H28NO6P. The molecule has 0 saturated carbocycles.